The summed E-state index contributed by atoms with van der Waals surface area (Å²) < 4.78 is 5.13. The molecule has 0 aliphatic rings. The number of rotatable bonds is 8. The first-order chi connectivity index (χ1) is 11.6. The van der Waals surface area contributed by atoms with E-state index in [2.05, 4.69) is 22.3 Å². The van der Waals surface area contributed by atoms with Crippen molar-refractivity contribution in [2.75, 3.05) is 27.7 Å². The SMILES string of the molecule is COc1ccc(CC(=O)NC[C@H](Cc2ccccc2)N(C)C)cc1. The van der Waals surface area contributed by atoms with Gasteiger partial charge in [-0.05, 0) is 43.8 Å². The van der Waals surface area contributed by atoms with E-state index in [0.29, 0.717) is 13.0 Å². The first-order valence-electron chi connectivity index (χ1n) is 8.18. The number of hydrogen-bond acceptors (Lipinski definition) is 3. The first-order valence-corrected chi connectivity index (χ1v) is 8.18. The summed E-state index contributed by atoms with van der Waals surface area (Å²) in [6.45, 7) is 0.636. The van der Waals surface area contributed by atoms with Crippen LogP contribution in [0.3, 0.4) is 0 Å². The Morgan fingerprint density at radius 2 is 1.71 bits per heavy atom. The Balaban J connectivity index is 1.85. The lowest BCUT2D eigenvalue weighted by Gasteiger charge is -2.24. The van der Waals surface area contributed by atoms with Crippen molar-refractivity contribution < 1.29 is 9.53 Å². The zero-order valence-electron chi connectivity index (χ0n) is 14.7. The molecule has 24 heavy (non-hydrogen) atoms. The third-order valence-electron chi connectivity index (χ3n) is 4.10. The van der Waals surface area contributed by atoms with Crippen LogP contribution in [-0.2, 0) is 17.6 Å². The second-order valence-corrected chi connectivity index (χ2v) is 6.14. The molecule has 0 bridgehead atoms. The summed E-state index contributed by atoms with van der Waals surface area (Å²) in [6, 6.07) is 18.2. The summed E-state index contributed by atoms with van der Waals surface area (Å²) in [5.41, 5.74) is 2.26. The molecule has 0 aliphatic carbocycles. The van der Waals surface area contributed by atoms with E-state index in [0.717, 1.165) is 17.7 Å². The van der Waals surface area contributed by atoms with Crippen LogP contribution in [0.4, 0.5) is 0 Å². The van der Waals surface area contributed by atoms with Gasteiger partial charge in [0.05, 0.1) is 13.5 Å². The molecule has 4 heteroatoms. The monoisotopic (exact) mass is 326 g/mol. The number of amides is 1. The molecule has 0 aromatic heterocycles. The molecule has 1 atom stereocenters. The number of likely N-dealkylation sites (N-methyl/N-ethyl adjacent to an activating group) is 1. The Kier molecular flexibility index (Phi) is 6.82. The van der Waals surface area contributed by atoms with E-state index in [9.17, 15) is 4.79 Å². The van der Waals surface area contributed by atoms with Gasteiger partial charge in [-0.1, -0.05) is 42.5 Å². The van der Waals surface area contributed by atoms with Crippen LogP contribution in [0.2, 0.25) is 0 Å². The minimum absolute atomic E-state index is 0.0417. The minimum atomic E-state index is 0.0417. The van der Waals surface area contributed by atoms with Crippen molar-refractivity contribution in [1.82, 2.24) is 10.2 Å². The van der Waals surface area contributed by atoms with Crippen LogP contribution in [0, 0.1) is 0 Å². The highest BCUT2D eigenvalue weighted by molar-refractivity contribution is 5.78. The zero-order chi connectivity index (χ0) is 17.4. The average Bonchev–Trinajstić information content (AvgIpc) is 2.60. The average molecular weight is 326 g/mol. The molecule has 0 aliphatic heterocycles. The second-order valence-electron chi connectivity index (χ2n) is 6.14. The zero-order valence-corrected chi connectivity index (χ0v) is 14.7. The fourth-order valence-corrected chi connectivity index (χ4v) is 2.55. The normalized spacial score (nSPS) is 12.0. The summed E-state index contributed by atoms with van der Waals surface area (Å²) in [4.78, 5) is 14.3. The lowest BCUT2D eigenvalue weighted by atomic mass is 10.0. The highest BCUT2D eigenvalue weighted by Gasteiger charge is 2.14. The van der Waals surface area contributed by atoms with Crippen LogP contribution < -0.4 is 10.1 Å². The highest BCUT2D eigenvalue weighted by atomic mass is 16.5. The fourth-order valence-electron chi connectivity index (χ4n) is 2.55. The number of ether oxygens (including phenoxy) is 1. The van der Waals surface area contributed by atoms with Gasteiger partial charge >= 0.3 is 0 Å². The van der Waals surface area contributed by atoms with Crippen LogP contribution in [0.5, 0.6) is 5.75 Å². The van der Waals surface area contributed by atoms with E-state index >= 15 is 0 Å². The number of carbonyl (C=O) groups is 1. The van der Waals surface area contributed by atoms with E-state index in [4.69, 9.17) is 4.74 Å². The molecule has 0 saturated heterocycles. The molecule has 0 spiro atoms. The van der Waals surface area contributed by atoms with Crippen LogP contribution in [-0.4, -0.2) is 44.6 Å². The molecule has 2 rings (SSSR count). The summed E-state index contributed by atoms with van der Waals surface area (Å²) in [7, 11) is 5.72. The van der Waals surface area contributed by atoms with Gasteiger partial charge in [0.2, 0.25) is 5.91 Å². The molecule has 0 saturated carbocycles. The van der Waals surface area contributed by atoms with Crippen molar-refractivity contribution >= 4 is 5.91 Å². The van der Waals surface area contributed by atoms with Crippen molar-refractivity contribution in [1.29, 1.82) is 0 Å². The molecule has 2 aromatic rings. The maximum absolute atomic E-state index is 12.2. The third-order valence-corrected chi connectivity index (χ3v) is 4.10. The van der Waals surface area contributed by atoms with Crippen LogP contribution in [0.25, 0.3) is 0 Å². The van der Waals surface area contributed by atoms with E-state index in [1.54, 1.807) is 7.11 Å². The Hall–Kier alpha value is -2.33. The van der Waals surface area contributed by atoms with Crippen molar-refractivity contribution in [2.24, 2.45) is 0 Å². The summed E-state index contributed by atoms with van der Waals surface area (Å²) in [5, 5.41) is 3.05. The maximum Gasteiger partial charge on any atom is 0.224 e. The fraction of sp³-hybridized carbons (Fsp3) is 0.350. The molecular formula is C20H26N2O2. The second kappa shape index (κ2) is 9.08. The van der Waals surface area contributed by atoms with Crippen molar-refractivity contribution in [2.45, 2.75) is 18.9 Å². The third kappa shape index (κ3) is 5.70. The smallest absolute Gasteiger partial charge is 0.224 e. The molecule has 0 unspecified atom stereocenters. The maximum atomic E-state index is 12.2. The van der Waals surface area contributed by atoms with Gasteiger partial charge in [0, 0.05) is 12.6 Å². The van der Waals surface area contributed by atoms with Gasteiger partial charge in [0.15, 0.2) is 0 Å². The van der Waals surface area contributed by atoms with Crippen LogP contribution in [0.1, 0.15) is 11.1 Å². The number of methoxy groups -OCH3 is 1. The molecule has 0 radical (unpaired) electrons. The van der Waals surface area contributed by atoms with Gasteiger partial charge in [-0.2, -0.15) is 0 Å². The van der Waals surface area contributed by atoms with Gasteiger partial charge in [0.25, 0.3) is 0 Å². The van der Waals surface area contributed by atoms with Gasteiger partial charge in [-0.3, -0.25) is 4.79 Å². The quantitative estimate of drug-likeness (QED) is 0.810. The molecule has 0 heterocycles. The number of nitrogens with zero attached hydrogens (tertiary/aromatic N) is 1. The summed E-state index contributed by atoms with van der Waals surface area (Å²) in [6.07, 6.45) is 1.30. The van der Waals surface area contributed by atoms with E-state index in [-0.39, 0.29) is 11.9 Å². The first kappa shape index (κ1) is 18.0. The Bertz CT molecular complexity index is 624. The number of nitrogens with one attached hydrogen (secondary N) is 1. The minimum Gasteiger partial charge on any atom is -0.497 e. The molecule has 128 valence electrons. The van der Waals surface area contributed by atoms with Gasteiger partial charge in [-0.15, -0.1) is 0 Å². The number of carbonyl (C=O) groups excluding carboxylic acids is 1. The summed E-state index contributed by atoms with van der Waals surface area (Å²) in [5.74, 6) is 0.842. The summed E-state index contributed by atoms with van der Waals surface area (Å²) >= 11 is 0. The van der Waals surface area contributed by atoms with Crippen molar-refractivity contribution in [3.8, 4) is 5.75 Å². The largest absolute Gasteiger partial charge is 0.497 e. The molecule has 2 aromatic carbocycles. The van der Waals surface area contributed by atoms with Gasteiger partial charge in [0.1, 0.15) is 5.75 Å². The van der Waals surface area contributed by atoms with Crippen molar-refractivity contribution in [3.05, 3.63) is 65.7 Å². The number of benzene rings is 2. The molecule has 1 N–H and O–H groups in total. The molecule has 1 amide bonds. The van der Waals surface area contributed by atoms with E-state index in [1.165, 1.54) is 5.56 Å². The predicted molar refractivity (Wildman–Crippen MR) is 97.3 cm³/mol. The Labute approximate surface area is 144 Å². The van der Waals surface area contributed by atoms with Gasteiger partial charge < -0.3 is 15.0 Å². The lowest BCUT2D eigenvalue weighted by Crippen LogP contribution is -2.42. The Morgan fingerprint density at radius 1 is 1.04 bits per heavy atom. The predicted octanol–water partition coefficient (Wildman–Crippen LogP) is 2.53. The topological polar surface area (TPSA) is 41.6 Å². The van der Waals surface area contributed by atoms with Crippen LogP contribution >= 0.6 is 0 Å². The van der Waals surface area contributed by atoms with E-state index in [1.807, 2.05) is 56.6 Å². The Morgan fingerprint density at radius 3 is 2.29 bits per heavy atom. The van der Waals surface area contributed by atoms with Gasteiger partial charge in [-0.25, -0.2) is 0 Å². The highest BCUT2D eigenvalue weighted by Crippen LogP contribution is 2.11. The lowest BCUT2D eigenvalue weighted by molar-refractivity contribution is -0.120. The standard InChI is InChI=1S/C20H26N2O2/c1-22(2)18(13-16-7-5-4-6-8-16)15-21-20(23)14-17-9-11-19(24-3)12-10-17/h4-12,18H,13-15H2,1-3H3,(H,21,23)/t18-/m0/s1. The van der Waals surface area contributed by atoms with Crippen molar-refractivity contribution in [3.63, 3.8) is 0 Å². The molecule has 0 fully saturated rings. The number of hydrogen-bond donors (Lipinski definition) is 1. The van der Waals surface area contributed by atoms with Crippen LogP contribution in [0.15, 0.2) is 54.6 Å². The molecule has 4 nitrogen and oxygen atoms in total. The molecular weight excluding hydrogens is 300 g/mol. The van der Waals surface area contributed by atoms with E-state index < -0.39 is 0 Å².